The highest BCUT2D eigenvalue weighted by Crippen LogP contribution is 2.36. The standard InChI is InChI=1S/C17H28N2/c1-4-13(5-2)16(18-6-3)15-11-7-9-14-10-8-12-19-17(14)15/h8,10,12-13,15-16,18H,4-7,9,11H2,1-3H3. The summed E-state index contributed by atoms with van der Waals surface area (Å²) in [6.45, 7) is 7.92. The summed E-state index contributed by atoms with van der Waals surface area (Å²) in [5.41, 5.74) is 2.85. The molecule has 0 spiro atoms. The second kappa shape index (κ2) is 7.04. The smallest absolute Gasteiger partial charge is 0.0482 e. The van der Waals surface area contributed by atoms with Gasteiger partial charge in [0.2, 0.25) is 0 Å². The zero-order valence-electron chi connectivity index (χ0n) is 12.7. The lowest BCUT2D eigenvalue weighted by Gasteiger charge is -2.36. The topological polar surface area (TPSA) is 24.9 Å². The van der Waals surface area contributed by atoms with Gasteiger partial charge in [0.25, 0.3) is 0 Å². The summed E-state index contributed by atoms with van der Waals surface area (Å²) in [4.78, 5) is 4.71. The van der Waals surface area contributed by atoms with Crippen molar-refractivity contribution in [1.29, 1.82) is 0 Å². The first-order chi connectivity index (χ1) is 9.31. The zero-order valence-corrected chi connectivity index (χ0v) is 12.7. The van der Waals surface area contributed by atoms with Crippen LogP contribution in [0.2, 0.25) is 0 Å². The van der Waals surface area contributed by atoms with Crippen LogP contribution in [0.4, 0.5) is 0 Å². The molecule has 1 aliphatic rings. The predicted octanol–water partition coefficient (Wildman–Crippen LogP) is 3.92. The van der Waals surface area contributed by atoms with Crippen molar-refractivity contribution >= 4 is 0 Å². The fraction of sp³-hybridized carbons (Fsp3) is 0.706. The van der Waals surface area contributed by atoms with Crippen LogP contribution in [0.5, 0.6) is 0 Å². The van der Waals surface area contributed by atoms with Crippen LogP contribution in [0.25, 0.3) is 0 Å². The van der Waals surface area contributed by atoms with Crippen molar-refractivity contribution in [3.8, 4) is 0 Å². The molecule has 2 unspecified atom stereocenters. The van der Waals surface area contributed by atoms with E-state index in [1.165, 1.54) is 43.4 Å². The number of rotatable bonds is 6. The average Bonchev–Trinajstić information content (AvgIpc) is 2.47. The van der Waals surface area contributed by atoms with Gasteiger partial charge in [0.05, 0.1) is 0 Å². The molecule has 1 aromatic heterocycles. The van der Waals surface area contributed by atoms with Crippen molar-refractivity contribution in [1.82, 2.24) is 10.3 Å². The van der Waals surface area contributed by atoms with Gasteiger partial charge < -0.3 is 5.32 Å². The van der Waals surface area contributed by atoms with Crippen LogP contribution < -0.4 is 5.32 Å². The minimum atomic E-state index is 0.592. The van der Waals surface area contributed by atoms with E-state index in [4.69, 9.17) is 4.98 Å². The van der Waals surface area contributed by atoms with E-state index in [1.807, 2.05) is 6.20 Å². The Balaban J connectivity index is 2.27. The highest BCUT2D eigenvalue weighted by Gasteiger charge is 2.32. The molecule has 2 atom stereocenters. The van der Waals surface area contributed by atoms with Gasteiger partial charge in [-0.25, -0.2) is 0 Å². The maximum absolute atomic E-state index is 4.71. The fourth-order valence-electron chi connectivity index (χ4n) is 3.66. The molecule has 2 heteroatoms. The SMILES string of the molecule is CCNC(C(CC)CC)C1CCCc2cccnc21. The Labute approximate surface area is 118 Å². The summed E-state index contributed by atoms with van der Waals surface area (Å²) in [6, 6.07) is 4.94. The maximum Gasteiger partial charge on any atom is 0.0482 e. The number of hydrogen-bond donors (Lipinski definition) is 1. The summed E-state index contributed by atoms with van der Waals surface area (Å²) in [6.07, 6.45) is 8.29. The Morgan fingerprint density at radius 2 is 2.11 bits per heavy atom. The van der Waals surface area contributed by atoms with Crippen molar-refractivity contribution in [3.63, 3.8) is 0 Å². The van der Waals surface area contributed by atoms with E-state index in [1.54, 1.807) is 0 Å². The van der Waals surface area contributed by atoms with Gasteiger partial charge in [-0.3, -0.25) is 4.98 Å². The lowest BCUT2D eigenvalue weighted by molar-refractivity contribution is 0.273. The molecule has 1 heterocycles. The van der Waals surface area contributed by atoms with E-state index in [-0.39, 0.29) is 0 Å². The second-order valence-corrected chi connectivity index (χ2v) is 5.71. The Kier molecular flexibility index (Phi) is 5.38. The first-order valence-corrected chi connectivity index (χ1v) is 7.98. The van der Waals surface area contributed by atoms with Gasteiger partial charge in [-0.2, -0.15) is 0 Å². The van der Waals surface area contributed by atoms with E-state index < -0.39 is 0 Å². The molecule has 0 bridgehead atoms. The minimum Gasteiger partial charge on any atom is -0.313 e. The molecule has 0 aromatic carbocycles. The second-order valence-electron chi connectivity index (χ2n) is 5.71. The average molecular weight is 260 g/mol. The predicted molar refractivity (Wildman–Crippen MR) is 81.5 cm³/mol. The lowest BCUT2D eigenvalue weighted by Crippen LogP contribution is -2.42. The molecule has 106 valence electrons. The highest BCUT2D eigenvalue weighted by molar-refractivity contribution is 5.27. The summed E-state index contributed by atoms with van der Waals surface area (Å²) < 4.78 is 0. The van der Waals surface area contributed by atoms with Gasteiger partial charge in [0, 0.05) is 23.9 Å². The molecule has 0 fully saturated rings. The third kappa shape index (κ3) is 3.17. The summed E-state index contributed by atoms with van der Waals surface area (Å²) in [5.74, 6) is 1.37. The first kappa shape index (κ1) is 14.5. The number of nitrogens with one attached hydrogen (secondary N) is 1. The van der Waals surface area contributed by atoms with Crippen molar-refractivity contribution in [3.05, 3.63) is 29.6 Å². The van der Waals surface area contributed by atoms with Gasteiger partial charge in [0.1, 0.15) is 0 Å². The van der Waals surface area contributed by atoms with Crippen molar-refractivity contribution in [2.24, 2.45) is 5.92 Å². The molecule has 1 aromatic rings. The van der Waals surface area contributed by atoms with Gasteiger partial charge in [-0.05, 0) is 43.4 Å². The Morgan fingerprint density at radius 3 is 2.79 bits per heavy atom. The van der Waals surface area contributed by atoms with Crippen molar-refractivity contribution < 1.29 is 0 Å². The largest absolute Gasteiger partial charge is 0.313 e. The van der Waals surface area contributed by atoms with Crippen LogP contribution in [-0.2, 0) is 6.42 Å². The molecule has 2 rings (SSSR count). The third-order valence-corrected chi connectivity index (χ3v) is 4.67. The molecular formula is C17H28N2. The minimum absolute atomic E-state index is 0.592. The van der Waals surface area contributed by atoms with Gasteiger partial charge >= 0.3 is 0 Å². The number of likely N-dealkylation sites (N-methyl/N-ethyl adjacent to an activating group) is 1. The molecule has 19 heavy (non-hydrogen) atoms. The van der Waals surface area contributed by atoms with Gasteiger partial charge in [-0.1, -0.05) is 39.7 Å². The van der Waals surface area contributed by atoms with E-state index >= 15 is 0 Å². The van der Waals surface area contributed by atoms with E-state index in [0.717, 1.165) is 12.5 Å². The molecule has 1 N–H and O–H groups in total. The molecule has 0 radical (unpaired) electrons. The third-order valence-electron chi connectivity index (χ3n) is 4.67. The van der Waals surface area contributed by atoms with Crippen LogP contribution in [0, 0.1) is 5.92 Å². The summed E-state index contributed by atoms with van der Waals surface area (Å²) in [7, 11) is 0. The Morgan fingerprint density at radius 1 is 1.32 bits per heavy atom. The Hall–Kier alpha value is -0.890. The van der Waals surface area contributed by atoms with Crippen LogP contribution in [0.1, 0.15) is 63.6 Å². The van der Waals surface area contributed by atoms with Crippen LogP contribution in [-0.4, -0.2) is 17.6 Å². The first-order valence-electron chi connectivity index (χ1n) is 7.98. The highest BCUT2D eigenvalue weighted by atomic mass is 14.9. The quantitative estimate of drug-likeness (QED) is 0.838. The van der Waals surface area contributed by atoms with E-state index in [2.05, 4.69) is 38.2 Å². The van der Waals surface area contributed by atoms with Crippen LogP contribution in [0.15, 0.2) is 18.3 Å². The van der Waals surface area contributed by atoms with Gasteiger partial charge in [-0.15, -0.1) is 0 Å². The van der Waals surface area contributed by atoms with E-state index in [0.29, 0.717) is 12.0 Å². The van der Waals surface area contributed by atoms with Crippen LogP contribution in [0.3, 0.4) is 0 Å². The summed E-state index contributed by atoms with van der Waals surface area (Å²) in [5, 5.41) is 3.76. The number of aromatic nitrogens is 1. The molecule has 0 amide bonds. The van der Waals surface area contributed by atoms with Crippen molar-refractivity contribution in [2.75, 3.05) is 6.54 Å². The Bertz CT molecular complexity index is 385. The van der Waals surface area contributed by atoms with Crippen LogP contribution >= 0.6 is 0 Å². The zero-order chi connectivity index (χ0) is 13.7. The summed E-state index contributed by atoms with van der Waals surface area (Å²) >= 11 is 0. The number of pyridine rings is 1. The van der Waals surface area contributed by atoms with E-state index in [9.17, 15) is 0 Å². The number of nitrogens with zero attached hydrogens (tertiary/aromatic N) is 1. The lowest BCUT2D eigenvalue weighted by atomic mass is 9.76. The molecular weight excluding hydrogens is 232 g/mol. The molecule has 2 nitrogen and oxygen atoms in total. The molecule has 1 aliphatic carbocycles. The molecule has 0 saturated carbocycles. The molecule has 0 aliphatic heterocycles. The normalized spacial score (nSPS) is 20.3. The monoisotopic (exact) mass is 260 g/mol. The number of hydrogen-bond acceptors (Lipinski definition) is 2. The molecule has 0 saturated heterocycles. The maximum atomic E-state index is 4.71. The number of aryl methyl sites for hydroxylation is 1. The van der Waals surface area contributed by atoms with Crippen molar-refractivity contribution in [2.45, 2.75) is 64.8 Å². The fourth-order valence-corrected chi connectivity index (χ4v) is 3.66. The number of fused-ring (bicyclic) bond motifs is 1. The van der Waals surface area contributed by atoms with Gasteiger partial charge in [0.15, 0.2) is 0 Å².